The van der Waals surface area contributed by atoms with Crippen molar-refractivity contribution in [1.82, 2.24) is 10.2 Å². The van der Waals surface area contributed by atoms with Crippen LogP contribution in [0.3, 0.4) is 0 Å². The van der Waals surface area contributed by atoms with E-state index in [2.05, 4.69) is 58.7 Å². The lowest BCUT2D eigenvalue weighted by Gasteiger charge is -2.73. The van der Waals surface area contributed by atoms with E-state index < -0.39 is 28.8 Å². The summed E-state index contributed by atoms with van der Waals surface area (Å²) in [6.45, 7) is 24.6. The molecule has 12 nitrogen and oxygen atoms in total. The van der Waals surface area contributed by atoms with Crippen molar-refractivity contribution >= 4 is 29.4 Å². The van der Waals surface area contributed by atoms with Crippen molar-refractivity contribution in [2.24, 2.45) is 62.6 Å². The Bertz CT molecular complexity index is 1750. The van der Waals surface area contributed by atoms with Gasteiger partial charge in [-0.15, -0.1) is 0 Å². The van der Waals surface area contributed by atoms with Gasteiger partial charge in [-0.2, -0.15) is 0 Å². The Balaban J connectivity index is 1.23. The SMILES string of the molecule is COP(=O)(CO[C@H](C)[C@@H](CN[C@]12CC[C@@H](C(C)C)[C@@H]1[C@H]1CC[C@@H]3[C@@]4(C)CC[C@H](OC(=O)CC(C)(C)CC(=O)O)C(C)(C)[C@@H]4CC[C@@]3(C)[C@]1(C)CC2)N1CCS(=O)(=O)CC1)OC. The quantitative estimate of drug-likeness (QED) is 0.112. The number of aliphatic carboxylic acids is 1. The number of rotatable bonds is 16. The highest BCUT2D eigenvalue weighted by Crippen LogP contribution is 2.76. The predicted molar refractivity (Wildman–Crippen MR) is 239 cm³/mol. The molecular weight excluding hydrogens is 816 g/mol. The fourth-order valence-electron chi connectivity index (χ4n) is 15.4. The predicted octanol–water partition coefficient (Wildman–Crippen LogP) is 8.82. The Morgan fingerprint density at radius 1 is 0.852 bits per heavy atom. The van der Waals surface area contributed by atoms with E-state index in [1.165, 1.54) is 46.3 Å². The van der Waals surface area contributed by atoms with Crippen LogP contribution in [0.4, 0.5) is 0 Å². The van der Waals surface area contributed by atoms with Crippen molar-refractivity contribution in [2.45, 2.75) is 170 Å². The van der Waals surface area contributed by atoms with Gasteiger partial charge in [0.05, 0.1) is 30.5 Å². The fraction of sp³-hybridized carbons (Fsp3) is 0.957. The number of ether oxygens (including phenoxy) is 2. The number of carboxylic acids is 1. The molecule has 14 heteroatoms. The standard InChI is InChI=1S/C47H83N2O10PS/c1-31(2)33-15-20-47(48-29-35(49-23-25-61(54,55)26-24-49)32(3)58-30-60(53,56-11)57-12)22-21-45(9)34(41(33)47)13-14-37-44(8)18-17-38(43(6,7)36(44)16-19-46(37,45)10)59-40(52)28-42(4,5)27-39(50)51/h31-38,41,48H,13-30H2,1-12H3,(H,50,51)/t32-,33+,34-,35-,36+,37-,38+,41-,44+,45-,46-,47+/m1/s1. The number of esters is 1. The average molecular weight is 899 g/mol. The van der Waals surface area contributed by atoms with E-state index in [9.17, 15) is 27.7 Å². The number of nitrogens with zero attached hydrogens (tertiary/aromatic N) is 1. The highest BCUT2D eigenvalue weighted by atomic mass is 32.2. The molecule has 0 unspecified atom stereocenters. The van der Waals surface area contributed by atoms with Gasteiger partial charge >= 0.3 is 19.5 Å². The van der Waals surface area contributed by atoms with Crippen molar-refractivity contribution in [2.75, 3.05) is 51.7 Å². The molecule has 61 heavy (non-hydrogen) atoms. The van der Waals surface area contributed by atoms with E-state index >= 15 is 0 Å². The van der Waals surface area contributed by atoms with Crippen LogP contribution < -0.4 is 5.32 Å². The van der Waals surface area contributed by atoms with E-state index in [1.54, 1.807) is 0 Å². The summed E-state index contributed by atoms with van der Waals surface area (Å²) in [7, 11) is -3.74. The third kappa shape index (κ3) is 9.22. The normalized spacial score (nSPS) is 39.6. The highest BCUT2D eigenvalue weighted by molar-refractivity contribution is 7.91. The zero-order valence-corrected chi connectivity index (χ0v) is 41.6. The summed E-state index contributed by atoms with van der Waals surface area (Å²) < 4.78 is 61.1. The first kappa shape index (κ1) is 49.4. The van der Waals surface area contributed by atoms with Gasteiger partial charge in [-0.1, -0.05) is 62.3 Å². The zero-order valence-electron chi connectivity index (χ0n) is 39.8. The summed E-state index contributed by atoms with van der Waals surface area (Å²) in [4.78, 5) is 27.1. The van der Waals surface area contributed by atoms with Crippen LogP contribution in [-0.4, -0.2) is 106 Å². The molecule has 0 aromatic carbocycles. The van der Waals surface area contributed by atoms with Crippen molar-refractivity contribution in [1.29, 1.82) is 0 Å². The zero-order chi connectivity index (χ0) is 45.2. The molecular formula is C47H83N2O10PS. The highest BCUT2D eigenvalue weighted by Gasteiger charge is 2.71. The van der Waals surface area contributed by atoms with Crippen LogP contribution in [0.1, 0.15) is 146 Å². The summed E-state index contributed by atoms with van der Waals surface area (Å²) in [6.07, 6.45) is 10.5. The Kier molecular flexibility index (Phi) is 14.3. The third-order valence-corrected chi connectivity index (χ3v) is 22.1. The molecule has 12 atom stereocenters. The number of carbonyl (C=O) groups is 2. The van der Waals surface area contributed by atoms with E-state index in [-0.39, 0.29) is 82.1 Å². The molecule has 5 aliphatic carbocycles. The van der Waals surface area contributed by atoms with Gasteiger partial charge in [0.2, 0.25) is 0 Å². The van der Waals surface area contributed by atoms with Gasteiger partial charge < -0.3 is 28.9 Å². The van der Waals surface area contributed by atoms with Gasteiger partial charge in [-0.25, -0.2) is 8.42 Å². The molecule has 6 fully saturated rings. The molecule has 6 aliphatic rings. The van der Waals surface area contributed by atoms with Crippen LogP contribution in [0.2, 0.25) is 0 Å². The van der Waals surface area contributed by atoms with E-state index in [0.717, 1.165) is 32.1 Å². The smallest absolute Gasteiger partial charge is 0.355 e. The Labute approximate surface area is 368 Å². The first-order valence-electron chi connectivity index (χ1n) is 23.6. The molecule has 1 aliphatic heterocycles. The summed E-state index contributed by atoms with van der Waals surface area (Å²) in [5, 5.41) is 13.7. The number of carbonyl (C=O) groups excluding carboxylic acids is 1. The van der Waals surface area contributed by atoms with Crippen LogP contribution in [0.5, 0.6) is 0 Å². The summed E-state index contributed by atoms with van der Waals surface area (Å²) in [6, 6.07) is -0.114. The minimum Gasteiger partial charge on any atom is -0.481 e. The largest absolute Gasteiger partial charge is 0.481 e. The molecule has 0 aromatic rings. The van der Waals surface area contributed by atoms with Crippen LogP contribution >= 0.6 is 7.60 Å². The number of nitrogens with one attached hydrogen (secondary N) is 1. The van der Waals surface area contributed by atoms with E-state index in [1.807, 2.05) is 20.8 Å². The molecule has 0 aromatic heterocycles. The number of fused-ring (bicyclic) bond motifs is 7. The number of carboxylic acid groups (broad SMARTS) is 1. The first-order chi connectivity index (χ1) is 28.2. The van der Waals surface area contributed by atoms with Crippen LogP contribution in [0, 0.1) is 62.6 Å². The number of hydrogen-bond donors (Lipinski definition) is 2. The van der Waals surface area contributed by atoms with Gasteiger partial charge in [0.25, 0.3) is 0 Å². The van der Waals surface area contributed by atoms with Crippen molar-refractivity contribution in [3.63, 3.8) is 0 Å². The second-order valence-corrected chi connectivity index (χ2v) is 27.7. The molecule has 5 saturated carbocycles. The number of sulfone groups is 1. The van der Waals surface area contributed by atoms with Crippen molar-refractivity contribution < 1.29 is 46.2 Å². The Hall–Kier alpha value is -1.08. The maximum absolute atomic E-state index is 13.3. The molecule has 0 amide bonds. The van der Waals surface area contributed by atoms with Gasteiger partial charge in [0.1, 0.15) is 12.5 Å². The van der Waals surface area contributed by atoms with Crippen LogP contribution in [0.15, 0.2) is 0 Å². The van der Waals surface area contributed by atoms with Crippen molar-refractivity contribution in [3.05, 3.63) is 0 Å². The third-order valence-electron chi connectivity index (χ3n) is 18.9. The van der Waals surface area contributed by atoms with Gasteiger partial charge in [0, 0.05) is 50.8 Å². The summed E-state index contributed by atoms with van der Waals surface area (Å²) in [5.74, 6) is 2.33. The van der Waals surface area contributed by atoms with Gasteiger partial charge in [-0.3, -0.25) is 19.1 Å². The van der Waals surface area contributed by atoms with Gasteiger partial charge in [0.15, 0.2) is 9.84 Å². The summed E-state index contributed by atoms with van der Waals surface area (Å²) in [5.41, 5.74) is -0.430. The molecule has 0 spiro atoms. The summed E-state index contributed by atoms with van der Waals surface area (Å²) >= 11 is 0. The first-order valence-corrected chi connectivity index (χ1v) is 27.2. The lowest BCUT2D eigenvalue weighted by Crippen LogP contribution is -2.69. The minimum absolute atomic E-state index is 0.0272. The molecule has 2 N–H and O–H groups in total. The fourth-order valence-corrected chi connectivity index (χ4v) is 17.4. The Morgan fingerprint density at radius 2 is 1.51 bits per heavy atom. The van der Waals surface area contributed by atoms with E-state index in [4.69, 9.17) is 18.5 Å². The maximum Gasteiger partial charge on any atom is 0.355 e. The molecule has 352 valence electrons. The average Bonchev–Trinajstić information content (AvgIpc) is 3.55. The lowest BCUT2D eigenvalue weighted by atomic mass is 9.32. The number of hydrogen-bond acceptors (Lipinski definition) is 11. The van der Waals surface area contributed by atoms with Crippen LogP contribution in [-0.2, 0) is 42.5 Å². The molecule has 6 rings (SSSR count). The van der Waals surface area contributed by atoms with Crippen molar-refractivity contribution in [3.8, 4) is 0 Å². The van der Waals surface area contributed by atoms with E-state index in [0.29, 0.717) is 55.1 Å². The topological polar surface area (TPSA) is 158 Å². The minimum atomic E-state index is -3.40. The second-order valence-electron chi connectivity index (χ2n) is 23.2. The molecule has 0 bridgehead atoms. The molecule has 1 heterocycles. The molecule has 0 radical (unpaired) electrons. The van der Waals surface area contributed by atoms with Gasteiger partial charge in [-0.05, 0) is 128 Å². The lowest BCUT2D eigenvalue weighted by molar-refractivity contribution is -0.247. The monoisotopic (exact) mass is 899 g/mol. The van der Waals surface area contributed by atoms with Crippen LogP contribution in [0.25, 0.3) is 0 Å². The molecule has 1 saturated heterocycles. The maximum atomic E-state index is 13.3. The second kappa shape index (κ2) is 17.6. The Morgan fingerprint density at radius 3 is 2.11 bits per heavy atom.